The number of rotatable bonds is 7. The molecule has 5 nitrogen and oxygen atoms in total. The normalized spacial score (nSPS) is 10.0. The van der Waals surface area contributed by atoms with Crippen LogP contribution >= 0.6 is 12.4 Å². The lowest BCUT2D eigenvalue weighted by Gasteiger charge is -2.06. The standard InChI is InChI=1S/C14H23N3O2.ClH/c1-4-6-11-12(10(3)18)9(2)17-13(11)14(19)16-8-5-7-15;/h17H,4-8,15H2,1-3H3,(H,16,19);1H. The zero-order valence-corrected chi connectivity index (χ0v) is 13.2. The molecule has 1 amide bonds. The van der Waals surface area contributed by atoms with Crippen molar-refractivity contribution < 1.29 is 9.59 Å². The number of nitrogens with one attached hydrogen (secondary N) is 2. The Morgan fingerprint density at radius 2 is 2.00 bits per heavy atom. The molecule has 4 N–H and O–H groups in total. The van der Waals surface area contributed by atoms with Gasteiger partial charge >= 0.3 is 0 Å². The number of hydrogen-bond donors (Lipinski definition) is 3. The van der Waals surface area contributed by atoms with Crippen molar-refractivity contribution in [2.45, 2.75) is 40.0 Å². The molecule has 0 radical (unpaired) electrons. The van der Waals surface area contributed by atoms with Crippen LogP contribution < -0.4 is 11.1 Å². The van der Waals surface area contributed by atoms with Crippen molar-refractivity contribution in [2.75, 3.05) is 13.1 Å². The number of halogens is 1. The van der Waals surface area contributed by atoms with E-state index in [2.05, 4.69) is 10.3 Å². The van der Waals surface area contributed by atoms with Gasteiger partial charge in [-0.15, -0.1) is 12.4 Å². The Hall–Kier alpha value is -1.33. The molecule has 1 aromatic rings. The molecule has 0 saturated carbocycles. The van der Waals surface area contributed by atoms with E-state index in [1.165, 1.54) is 6.92 Å². The topological polar surface area (TPSA) is 88.0 Å². The summed E-state index contributed by atoms with van der Waals surface area (Å²) in [5.41, 5.74) is 8.16. The van der Waals surface area contributed by atoms with Crippen LogP contribution in [0.2, 0.25) is 0 Å². The molecule has 0 aromatic carbocycles. The molecule has 0 spiro atoms. The molecular weight excluding hydrogens is 278 g/mol. The van der Waals surface area contributed by atoms with Crippen molar-refractivity contribution in [1.29, 1.82) is 0 Å². The van der Waals surface area contributed by atoms with Crippen molar-refractivity contribution in [1.82, 2.24) is 10.3 Å². The number of H-pyrrole nitrogens is 1. The number of aromatic amines is 1. The smallest absolute Gasteiger partial charge is 0.268 e. The van der Waals surface area contributed by atoms with Crippen molar-refractivity contribution >= 4 is 24.1 Å². The van der Waals surface area contributed by atoms with Gasteiger partial charge in [0.2, 0.25) is 0 Å². The summed E-state index contributed by atoms with van der Waals surface area (Å²) in [7, 11) is 0. The highest BCUT2D eigenvalue weighted by Crippen LogP contribution is 2.21. The summed E-state index contributed by atoms with van der Waals surface area (Å²) >= 11 is 0. The molecule has 0 aliphatic carbocycles. The van der Waals surface area contributed by atoms with Crippen molar-refractivity contribution in [3.63, 3.8) is 0 Å². The summed E-state index contributed by atoms with van der Waals surface area (Å²) in [5.74, 6) is -0.161. The molecule has 0 aliphatic heterocycles. The van der Waals surface area contributed by atoms with E-state index in [4.69, 9.17) is 5.73 Å². The highest BCUT2D eigenvalue weighted by Gasteiger charge is 2.21. The van der Waals surface area contributed by atoms with Gasteiger partial charge in [0.15, 0.2) is 5.78 Å². The molecule has 0 atom stereocenters. The van der Waals surface area contributed by atoms with Gasteiger partial charge in [0.25, 0.3) is 5.91 Å². The monoisotopic (exact) mass is 301 g/mol. The zero-order chi connectivity index (χ0) is 14.4. The van der Waals surface area contributed by atoms with Crippen molar-refractivity contribution in [2.24, 2.45) is 5.73 Å². The maximum atomic E-state index is 12.1. The first-order chi connectivity index (χ1) is 9.02. The van der Waals surface area contributed by atoms with Crippen molar-refractivity contribution in [3.05, 3.63) is 22.5 Å². The van der Waals surface area contributed by atoms with Gasteiger partial charge in [0.05, 0.1) is 0 Å². The lowest BCUT2D eigenvalue weighted by molar-refractivity contribution is 0.0948. The first-order valence-corrected chi connectivity index (χ1v) is 6.73. The Kier molecular flexibility index (Phi) is 8.18. The van der Waals surface area contributed by atoms with Crippen LogP contribution in [0.3, 0.4) is 0 Å². The van der Waals surface area contributed by atoms with Gasteiger partial charge < -0.3 is 16.0 Å². The maximum absolute atomic E-state index is 12.1. The second-order valence-electron chi connectivity index (χ2n) is 4.68. The molecular formula is C14H24ClN3O2. The second-order valence-corrected chi connectivity index (χ2v) is 4.68. The molecule has 1 rings (SSSR count). The Morgan fingerprint density at radius 1 is 1.35 bits per heavy atom. The summed E-state index contributed by atoms with van der Waals surface area (Å²) in [6, 6.07) is 0. The Balaban J connectivity index is 0.00000361. The third-order valence-electron chi connectivity index (χ3n) is 3.04. The average molecular weight is 302 g/mol. The Morgan fingerprint density at radius 3 is 2.50 bits per heavy atom. The number of Topliss-reactive ketones (excluding diaryl/α,β-unsaturated/α-hetero) is 1. The molecule has 1 aromatic heterocycles. The molecule has 0 unspecified atom stereocenters. The summed E-state index contributed by atoms with van der Waals surface area (Å²) in [6.45, 7) is 6.49. The lowest BCUT2D eigenvalue weighted by atomic mass is 10.0. The minimum Gasteiger partial charge on any atom is -0.354 e. The van der Waals surface area contributed by atoms with Crippen LogP contribution in [0.4, 0.5) is 0 Å². The van der Waals surface area contributed by atoms with E-state index >= 15 is 0 Å². The first kappa shape index (κ1) is 18.7. The first-order valence-electron chi connectivity index (χ1n) is 6.73. The highest BCUT2D eigenvalue weighted by atomic mass is 35.5. The van der Waals surface area contributed by atoms with Crippen LogP contribution in [-0.2, 0) is 6.42 Å². The van der Waals surface area contributed by atoms with Crippen LogP contribution in [0.25, 0.3) is 0 Å². The van der Waals surface area contributed by atoms with E-state index in [0.717, 1.165) is 30.5 Å². The van der Waals surface area contributed by atoms with E-state index in [-0.39, 0.29) is 24.1 Å². The molecule has 20 heavy (non-hydrogen) atoms. The number of carbonyl (C=O) groups excluding carboxylic acids is 2. The fourth-order valence-corrected chi connectivity index (χ4v) is 2.24. The molecule has 0 saturated heterocycles. The van der Waals surface area contributed by atoms with Gasteiger partial charge in [0, 0.05) is 17.8 Å². The second kappa shape index (κ2) is 8.76. The number of carbonyl (C=O) groups is 2. The molecule has 1 heterocycles. The quantitative estimate of drug-likeness (QED) is 0.531. The van der Waals surface area contributed by atoms with Crippen molar-refractivity contribution in [3.8, 4) is 0 Å². The Labute approximate surface area is 126 Å². The fourth-order valence-electron chi connectivity index (χ4n) is 2.24. The van der Waals surface area contributed by atoms with Crippen LogP contribution in [0.5, 0.6) is 0 Å². The van der Waals surface area contributed by atoms with E-state index in [1.54, 1.807) is 0 Å². The molecule has 6 heteroatoms. The van der Waals surface area contributed by atoms with Crippen LogP contribution in [0.1, 0.15) is 58.8 Å². The van der Waals surface area contributed by atoms with Gasteiger partial charge in [-0.3, -0.25) is 9.59 Å². The highest BCUT2D eigenvalue weighted by molar-refractivity contribution is 6.02. The predicted octanol–water partition coefficient (Wildman–Crippen LogP) is 1.98. The lowest BCUT2D eigenvalue weighted by Crippen LogP contribution is -2.27. The molecule has 0 bridgehead atoms. The number of nitrogens with two attached hydrogens (primary N) is 1. The van der Waals surface area contributed by atoms with Gasteiger partial charge in [0.1, 0.15) is 5.69 Å². The average Bonchev–Trinajstić information content (AvgIpc) is 2.67. The van der Waals surface area contributed by atoms with Gasteiger partial charge in [-0.2, -0.15) is 0 Å². The molecule has 114 valence electrons. The zero-order valence-electron chi connectivity index (χ0n) is 12.3. The number of hydrogen-bond acceptors (Lipinski definition) is 3. The summed E-state index contributed by atoms with van der Waals surface area (Å²) in [5, 5.41) is 2.82. The van der Waals surface area contributed by atoms with Crippen LogP contribution in [0, 0.1) is 6.92 Å². The van der Waals surface area contributed by atoms with E-state index < -0.39 is 0 Å². The minimum atomic E-state index is -0.160. The van der Waals surface area contributed by atoms with E-state index in [9.17, 15) is 9.59 Å². The summed E-state index contributed by atoms with van der Waals surface area (Å²) in [6.07, 6.45) is 2.35. The largest absolute Gasteiger partial charge is 0.354 e. The third kappa shape index (κ3) is 4.35. The number of aryl methyl sites for hydroxylation is 1. The van der Waals surface area contributed by atoms with E-state index in [0.29, 0.717) is 24.3 Å². The summed E-state index contributed by atoms with van der Waals surface area (Å²) in [4.78, 5) is 26.8. The van der Waals surface area contributed by atoms with Gasteiger partial charge in [-0.25, -0.2) is 0 Å². The van der Waals surface area contributed by atoms with Crippen LogP contribution in [0.15, 0.2) is 0 Å². The minimum absolute atomic E-state index is 0. The van der Waals surface area contributed by atoms with E-state index in [1.807, 2.05) is 13.8 Å². The number of ketones is 1. The van der Waals surface area contributed by atoms with Gasteiger partial charge in [-0.1, -0.05) is 13.3 Å². The van der Waals surface area contributed by atoms with Gasteiger partial charge in [-0.05, 0) is 38.8 Å². The SMILES string of the molecule is CCCc1c(C(=O)NCCCN)[nH]c(C)c1C(C)=O.Cl. The third-order valence-corrected chi connectivity index (χ3v) is 3.04. The fraction of sp³-hybridized carbons (Fsp3) is 0.571. The van der Waals surface area contributed by atoms with Crippen LogP contribution in [-0.4, -0.2) is 29.8 Å². The number of aromatic nitrogens is 1. The predicted molar refractivity (Wildman–Crippen MR) is 82.8 cm³/mol. The molecule has 0 aliphatic rings. The summed E-state index contributed by atoms with van der Waals surface area (Å²) < 4.78 is 0. The Bertz CT molecular complexity index is 469. The molecule has 0 fully saturated rings. The maximum Gasteiger partial charge on any atom is 0.268 e. The number of amides is 1.